The van der Waals surface area contributed by atoms with E-state index in [2.05, 4.69) is 5.32 Å². The Balaban J connectivity index is 1.68. The normalized spacial score (nSPS) is 16.6. The molecule has 1 heterocycles. The fourth-order valence-corrected chi connectivity index (χ4v) is 5.78. The van der Waals surface area contributed by atoms with Crippen LogP contribution in [0.15, 0.2) is 41.3 Å². The molecule has 1 fully saturated rings. The number of ether oxygens (including phenoxy) is 3. The summed E-state index contributed by atoms with van der Waals surface area (Å²) in [5, 5.41) is 2.89. The number of sulfonamides is 1. The zero-order chi connectivity index (χ0) is 23.3. The van der Waals surface area contributed by atoms with Gasteiger partial charge in [0.1, 0.15) is 11.8 Å². The Morgan fingerprint density at radius 1 is 1.06 bits per heavy atom. The van der Waals surface area contributed by atoms with Crippen LogP contribution in [0.25, 0.3) is 0 Å². The number of nitrogens with zero attached hydrogens (tertiary/aromatic N) is 1. The first-order valence-electron chi connectivity index (χ1n) is 10.5. The second-order valence-electron chi connectivity index (χ2n) is 7.64. The van der Waals surface area contributed by atoms with E-state index in [1.807, 2.05) is 18.2 Å². The molecule has 32 heavy (non-hydrogen) atoms. The summed E-state index contributed by atoms with van der Waals surface area (Å²) >= 11 is 0. The molecule has 1 N–H and O–H groups in total. The smallest absolute Gasteiger partial charge is 0.244 e. The Hall–Kier alpha value is -2.78. The Bertz CT molecular complexity index is 1070. The van der Waals surface area contributed by atoms with Crippen molar-refractivity contribution in [3.8, 4) is 17.2 Å². The summed E-state index contributed by atoms with van der Waals surface area (Å²) in [5.74, 6) is 1.44. The molecule has 0 saturated carbocycles. The van der Waals surface area contributed by atoms with E-state index in [-0.39, 0.29) is 10.8 Å². The standard InChI is InChI=1S/C23H30N2O6S/c1-16-7-9-18(29-2)15-22(16)32(27,28)25-13-5-6-19(25)23(26)24-12-11-17-8-10-20(30-3)21(14-17)31-4/h7-10,14-15,19H,5-6,11-13H2,1-4H3,(H,24,26)/t19-/m0/s1. The maximum absolute atomic E-state index is 13.3. The molecule has 3 rings (SSSR count). The summed E-state index contributed by atoms with van der Waals surface area (Å²) in [4.78, 5) is 13.0. The van der Waals surface area contributed by atoms with E-state index in [1.165, 1.54) is 17.5 Å². The number of carbonyl (C=O) groups is 1. The van der Waals surface area contributed by atoms with E-state index in [0.717, 1.165) is 5.56 Å². The van der Waals surface area contributed by atoms with E-state index >= 15 is 0 Å². The number of benzene rings is 2. The monoisotopic (exact) mass is 462 g/mol. The number of nitrogens with one attached hydrogen (secondary N) is 1. The molecular weight excluding hydrogens is 432 g/mol. The minimum Gasteiger partial charge on any atom is -0.497 e. The molecule has 1 aliphatic heterocycles. The summed E-state index contributed by atoms with van der Waals surface area (Å²) < 4.78 is 43.7. The average Bonchev–Trinajstić information content (AvgIpc) is 3.30. The molecule has 1 atom stereocenters. The molecule has 2 aromatic rings. The lowest BCUT2D eigenvalue weighted by Crippen LogP contribution is -2.46. The van der Waals surface area contributed by atoms with E-state index in [1.54, 1.807) is 33.3 Å². The fourth-order valence-electron chi connectivity index (χ4n) is 3.89. The van der Waals surface area contributed by atoms with Crippen LogP contribution in [0.2, 0.25) is 0 Å². The van der Waals surface area contributed by atoms with Crippen LogP contribution >= 0.6 is 0 Å². The number of methoxy groups -OCH3 is 3. The highest BCUT2D eigenvalue weighted by Gasteiger charge is 2.40. The maximum atomic E-state index is 13.3. The number of carbonyl (C=O) groups excluding carboxylic acids is 1. The molecule has 0 spiro atoms. The van der Waals surface area contributed by atoms with Crippen molar-refractivity contribution < 1.29 is 27.4 Å². The number of amides is 1. The molecule has 0 aromatic heterocycles. The Morgan fingerprint density at radius 3 is 2.50 bits per heavy atom. The minimum atomic E-state index is -3.83. The van der Waals surface area contributed by atoms with Gasteiger partial charge >= 0.3 is 0 Å². The van der Waals surface area contributed by atoms with Crippen molar-refractivity contribution in [3.63, 3.8) is 0 Å². The molecule has 0 bridgehead atoms. The van der Waals surface area contributed by atoms with Crippen LogP contribution in [0.5, 0.6) is 17.2 Å². The highest BCUT2D eigenvalue weighted by atomic mass is 32.2. The third kappa shape index (κ3) is 4.99. The first-order chi connectivity index (χ1) is 15.3. The third-order valence-corrected chi connectivity index (χ3v) is 7.70. The predicted octanol–water partition coefficient (Wildman–Crippen LogP) is 2.53. The van der Waals surface area contributed by atoms with Crippen LogP contribution in [-0.2, 0) is 21.2 Å². The van der Waals surface area contributed by atoms with Crippen molar-refractivity contribution in [1.29, 1.82) is 0 Å². The fraction of sp³-hybridized carbons (Fsp3) is 0.435. The molecule has 2 aromatic carbocycles. The van der Waals surface area contributed by atoms with Gasteiger partial charge in [-0.25, -0.2) is 8.42 Å². The van der Waals surface area contributed by atoms with Gasteiger partial charge in [0.15, 0.2) is 11.5 Å². The Morgan fingerprint density at radius 2 is 1.81 bits per heavy atom. The van der Waals surface area contributed by atoms with Gasteiger partial charge in [-0.15, -0.1) is 0 Å². The van der Waals surface area contributed by atoms with Crippen molar-refractivity contribution >= 4 is 15.9 Å². The lowest BCUT2D eigenvalue weighted by atomic mass is 10.1. The van der Waals surface area contributed by atoms with Crippen LogP contribution < -0.4 is 19.5 Å². The third-order valence-electron chi connectivity index (χ3n) is 5.65. The molecule has 0 aliphatic carbocycles. The van der Waals surface area contributed by atoms with Gasteiger partial charge in [-0.05, 0) is 55.5 Å². The van der Waals surface area contributed by atoms with Gasteiger partial charge in [0.2, 0.25) is 15.9 Å². The summed E-state index contributed by atoms with van der Waals surface area (Å²) in [6.07, 6.45) is 1.71. The van der Waals surface area contributed by atoms with Crippen LogP contribution in [0, 0.1) is 6.92 Å². The number of hydrogen-bond donors (Lipinski definition) is 1. The first-order valence-corrected chi connectivity index (χ1v) is 11.9. The van der Waals surface area contributed by atoms with Crippen molar-refractivity contribution in [2.45, 2.75) is 37.1 Å². The SMILES string of the molecule is COc1ccc(C)c(S(=O)(=O)N2CCC[C@H]2C(=O)NCCc2ccc(OC)c(OC)c2)c1. The Labute approximate surface area is 189 Å². The predicted molar refractivity (Wildman–Crippen MR) is 121 cm³/mol. The van der Waals surface area contributed by atoms with Gasteiger partial charge in [0.05, 0.1) is 26.2 Å². The molecule has 174 valence electrons. The van der Waals surface area contributed by atoms with E-state index in [4.69, 9.17) is 14.2 Å². The van der Waals surface area contributed by atoms with Crippen LogP contribution in [-0.4, -0.2) is 59.1 Å². The zero-order valence-corrected chi connectivity index (χ0v) is 19.7. The largest absolute Gasteiger partial charge is 0.497 e. The molecular formula is C23H30N2O6S. The van der Waals surface area contributed by atoms with Crippen LogP contribution in [0.4, 0.5) is 0 Å². The number of rotatable bonds is 9. The molecule has 1 saturated heterocycles. The quantitative estimate of drug-likeness (QED) is 0.616. The summed E-state index contributed by atoms with van der Waals surface area (Å²) in [6, 6.07) is 9.80. The molecule has 1 amide bonds. The van der Waals surface area contributed by atoms with Gasteiger partial charge in [-0.1, -0.05) is 12.1 Å². The van der Waals surface area contributed by atoms with E-state index in [0.29, 0.717) is 55.2 Å². The number of aryl methyl sites for hydroxylation is 1. The molecule has 9 heteroatoms. The molecule has 0 unspecified atom stereocenters. The molecule has 8 nitrogen and oxygen atoms in total. The van der Waals surface area contributed by atoms with Gasteiger partial charge in [0, 0.05) is 19.2 Å². The molecule has 0 radical (unpaired) electrons. The summed E-state index contributed by atoms with van der Waals surface area (Å²) in [6.45, 7) is 2.43. The van der Waals surface area contributed by atoms with Gasteiger partial charge in [-0.2, -0.15) is 4.31 Å². The van der Waals surface area contributed by atoms with Crippen LogP contribution in [0.1, 0.15) is 24.0 Å². The Kier molecular flexibility index (Phi) is 7.63. The highest BCUT2D eigenvalue weighted by Crippen LogP contribution is 2.30. The van der Waals surface area contributed by atoms with Gasteiger partial charge < -0.3 is 19.5 Å². The summed E-state index contributed by atoms with van der Waals surface area (Å²) in [5.41, 5.74) is 1.59. The topological polar surface area (TPSA) is 94.2 Å². The zero-order valence-electron chi connectivity index (χ0n) is 18.9. The molecule has 1 aliphatic rings. The minimum absolute atomic E-state index is 0.168. The lowest BCUT2D eigenvalue weighted by molar-refractivity contribution is -0.124. The van der Waals surface area contributed by atoms with Gasteiger partial charge in [0.25, 0.3) is 0 Å². The van der Waals surface area contributed by atoms with Crippen LogP contribution in [0.3, 0.4) is 0 Å². The van der Waals surface area contributed by atoms with Crippen molar-refractivity contribution in [2.24, 2.45) is 0 Å². The highest BCUT2D eigenvalue weighted by molar-refractivity contribution is 7.89. The summed E-state index contributed by atoms with van der Waals surface area (Å²) in [7, 11) is 0.811. The van der Waals surface area contributed by atoms with E-state index < -0.39 is 16.1 Å². The van der Waals surface area contributed by atoms with Crippen molar-refractivity contribution in [3.05, 3.63) is 47.5 Å². The second-order valence-corrected chi connectivity index (χ2v) is 9.49. The first kappa shape index (κ1) is 23.9. The van der Waals surface area contributed by atoms with E-state index in [9.17, 15) is 13.2 Å². The maximum Gasteiger partial charge on any atom is 0.244 e. The average molecular weight is 463 g/mol. The van der Waals surface area contributed by atoms with Gasteiger partial charge in [-0.3, -0.25) is 4.79 Å². The van der Waals surface area contributed by atoms with Crippen molar-refractivity contribution in [1.82, 2.24) is 9.62 Å². The number of hydrogen-bond acceptors (Lipinski definition) is 6. The lowest BCUT2D eigenvalue weighted by Gasteiger charge is -2.24. The second kappa shape index (κ2) is 10.2. The van der Waals surface area contributed by atoms with Crippen molar-refractivity contribution in [2.75, 3.05) is 34.4 Å².